The monoisotopic (exact) mass is 559 g/mol. The number of halogens is 3. The summed E-state index contributed by atoms with van der Waals surface area (Å²) in [5.41, 5.74) is 1.91. The highest BCUT2D eigenvalue weighted by Crippen LogP contribution is 2.26. The Morgan fingerprint density at radius 3 is 2.40 bits per heavy atom. The molecule has 10 nitrogen and oxygen atoms in total. The summed E-state index contributed by atoms with van der Waals surface area (Å²) < 4.78 is 54.0. The van der Waals surface area contributed by atoms with E-state index in [4.69, 9.17) is 9.47 Å². The Kier molecular flexibility index (Phi) is 8.10. The van der Waals surface area contributed by atoms with Crippen molar-refractivity contribution in [3.05, 3.63) is 76.5 Å². The summed E-state index contributed by atoms with van der Waals surface area (Å²) in [4.78, 5) is 18.9. The van der Waals surface area contributed by atoms with Crippen molar-refractivity contribution < 1.29 is 32.3 Å². The Morgan fingerprint density at radius 1 is 1.02 bits per heavy atom. The molecule has 2 aliphatic rings. The summed E-state index contributed by atoms with van der Waals surface area (Å²) in [6.45, 7) is 5.15. The van der Waals surface area contributed by atoms with E-state index in [0.29, 0.717) is 25.3 Å². The van der Waals surface area contributed by atoms with Crippen molar-refractivity contribution in [2.24, 2.45) is 0 Å². The molecule has 13 heteroatoms. The number of hydrogen-bond donors (Lipinski definition) is 0. The molecule has 3 heterocycles. The second kappa shape index (κ2) is 11.9. The highest BCUT2D eigenvalue weighted by molar-refractivity contribution is 5.51. The van der Waals surface area contributed by atoms with Gasteiger partial charge >= 0.3 is 18.2 Å². The van der Waals surface area contributed by atoms with Gasteiger partial charge in [-0.2, -0.15) is 0 Å². The van der Waals surface area contributed by atoms with Crippen LogP contribution in [0.1, 0.15) is 12.0 Å². The highest BCUT2D eigenvalue weighted by Gasteiger charge is 2.31. The number of alkyl halides is 3. The van der Waals surface area contributed by atoms with E-state index >= 15 is 0 Å². The van der Waals surface area contributed by atoms with E-state index in [0.717, 1.165) is 44.0 Å². The number of ether oxygens (including phenoxy) is 3. The Bertz CT molecular complexity index is 1320. The van der Waals surface area contributed by atoms with Crippen molar-refractivity contribution in [1.82, 2.24) is 14.5 Å². The molecular formula is C27H28F3N5O5. The number of benzene rings is 2. The molecule has 3 aromatic rings. The van der Waals surface area contributed by atoms with Crippen molar-refractivity contribution in [3.63, 3.8) is 0 Å². The largest absolute Gasteiger partial charge is 0.573 e. The number of hydrogen-bond acceptors (Lipinski definition) is 8. The first kappa shape index (κ1) is 27.3. The fourth-order valence-corrected chi connectivity index (χ4v) is 4.59. The Morgan fingerprint density at radius 2 is 1.73 bits per heavy atom. The zero-order valence-corrected chi connectivity index (χ0v) is 21.5. The molecule has 0 saturated carbocycles. The van der Waals surface area contributed by atoms with Crippen molar-refractivity contribution in [1.29, 1.82) is 0 Å². The average molecular weight is 560 g/mol. The van der Waals surface area contributed by atoms with Gasteiger partial charge in [0, 0.05) is 56.4 Å². The van der Waals surface area contributed by atoms with Crippen molar-refractivity contribution in [2.75, 3.05) is 44.2 Å². The van der Waals surface area contributed by atoms with Crippen LogP contribution in [-0.4, -0.2) is 71.2 Å². The first-order valence-corrected chi connectivity index (χ1v) is 12.8. The molecule has 0 bridgehead atoms. The number of nitro groups is 1. The molecule has 1 aromatic heterocycles. The fraction of sp³-hybridized carbons (Fsp3) is 0.370. The van der Waals surface area contributed by atoms with E-state index in [1.54, 1.807) is 16.7 Å². The molecular weight excluding hydrogens is 531 g/mol. The molecule has 1 saturated heterocycles. The summed E-state index contributed by atoms with van der Waals surface area (Å²) in [6.07, 6.45) is 1.01. The third kappa shape index (κ3) is 7.23. The second-order valence-electron chi connectivity index (χ2n) is 9.47. The summed E-state index contributed by atoms with van der Waals surface area (Å²) in [6, 6.07) is 13.9. The molecule has 0 amide bonds. The van der Waals surface area contributed by atoms with Gasteiger partial charge in [-0.1, -0.05) is 24.3 Å². The molecule has 1 atom stereocenters. The molecule has 0 spiro atoms. The predicted octanol–water partition coefficient (Wildman–Crippen LogP) is 4.76. The molecule has 2 aromatic carbocycles. The lowest BCUT2D eigenvalue weighted by atomic mass is 10.2. The van der Waals surface area contributed by atoms with Crippen LogP contribution in [0.3, 0.4) is 0 Å². The van der Waals surface area contributed by atoms with E-state index < -0.39 is 11.3 Å². The molecule has 212 valence electrons. The molecule has 1 fully saturated rings. The number of nitrogens with zero attached hydrogens (tertiary/aromatic N) is 5. The first-order chi connectivity index (χ1) is 19.2. The molecule has 1 unspecified atom stereocenters. The summed E-state index contributed by atoms with van der Waals surface area (Å²) in [5, 5.41) is 10.9. The lowest BCUT2D eigenvalue weighted by Gasteiger charge is -2.35. The van der Waals surface area contributed by atoms with E-state index in [1.165, 1.54) is 18.3 Å². The number of piperazine rings is 1. The zero-order valence-electron chi connectivity index (χ0n) is 21.5. The minimum Gasteiger partial charge on any atom is -0.490 e. The van der Waals surface area contributed by atoms with Crippen LogP contribution < -0.4 is 19.1 Å². The Balaban J connectivity index is 1.03. The number of fused-ring (bicyclic) bond motifs is 1. The normalized spacial score (nSPS) is 17.9. The van der Waals surface area contributed by atoms with E-state index in [-0.39, 0.29) is 23.7 Å². The van der Waals surface area contributed by atoms with Gasteiger partial charge < -0.3 is 29.2 Å². The summed E-state index contributed by atoms with van der Waals surface area (Å²) in [7, 11) is 0. The maximum absolute atomic E-state index is 12.3. The smallest absolute Gasteiger partial charge is 0.490 e. The third-order valence-electron chi connectivity index (χ3n) is 6.68. The van der Waals surface area contributed by atoms with Crippen LogP contribution in [-0.2, 0) is 6.54 Å². The van der Waals surface area contributed by atoms with Crippen molar-refractivity contribution in [3.8, 4) is 17.5 Å². The molecule has 0 radical (unpaired) electrons. The standard InChI is InChI=1S/C27H28F3N5O5/c28-27(29,30)40-23-7-3-20(4-8-23)2-1-12-32-14-16-33(17-15-32)21-5-9-22(10-6-21)38-19-24-11-13-34-18-25(35(36)37)31-26(34)39-24/h1-10,18,24H,11-17,19H2. The van der Waals surface area contributed by atoms with Gasteiger partial charge in [0.2, 0.25) is 0 Å². The fourth-order valence-electron chi connectivity index (χ4n) is 4.59. The number of rotatable bonds is 9. The minimum absolute atomic E-state index is 0.225. The third-order valence-corrected chi connectivity index (χ3v) is 6.68. The maximum Gasteiger partial charge on any atom is 0.573 e. The minimum atomic E-state index is -4.69. The van der Waals surface area contributed by atoms with Crippen LogP contribution in [0.2, 0.25) is 0 Å². The van der Waals surface area contributed by atoms with Crippen LogP contribution in [0.5, 0.6) is 17.5 Å². The van der Waals surface area contributed by atoms with Crippen molar-refractivity contribution >= 4 is 17.6 Å². The number of aromatic nitrogens is 2. The predicted molar refractivity (Wildman–Crippen MR) is 141 cm³/mol. The van der Waals surface area contributed by atoms with Crippen LogP contribution in [0.15, 0.2) is 60.8 Å². The lowest BCUT2D eigenvalue weighted by Crippen LogP contribution is -2.46. The van der Waals surface area contributed by atoms with Gasteiger partial charge in [-0.3, -0.25) is 9.47 Å². The second-order valence-corrected chi connectivity index (χ2v) is 9.47. The lowest BCUT2D eigenvalue weighted by molar-refractivity contribution is -0.389. The average Bonchev–Trinajstić information content (AvgIpc) is 3.37. The van der Waals surface area contributed by atoms with Gasteiger partial charge in [0.25, 0.3) is 0 Å². The van der Waals surface area contributed by atoms with Crippen molar-refractivity contribution in [2.45, 2.75) is 25.4 Å². The molecule has 40 heavy (non-hydrogen) atoms. The van der Waals surface area contributed by atoms with Gasteiger partial charge in [0.1, 0.15) is 30.4 Å². The number of aryl methyl sites for hydroxylation is 1. The quantitative estimate of drug-likeness (QED) is 0.274. The van der Waals surface area contributed by atoms with Gasteiger partial charge in [0.15, 0.2) is 0 Å². The summed E-state index contributed by atoms with van der Waals surface area (Å²) >= 11 is 0. The van der Waals surface area contributed by atoms with Gasteiger partial charge in [-0.25, -0.2) is 0 Å². The highest BCUT2D eigenvalue weighted by atomic mass is 19.4. The van der Waals surface area contributed by atoms with E-state index in [1.807, 2.05) is 36.4 Å². The molecule has 5 rings (SSSR count). The SMILES string of the molecule is O=[N+]([O-])c1cn2c(n1)OC(COc1ccc(N3CCN(CC=Cc4ccc(OC(F)(F)F)cc4)CC3)cc1)CC2. The van der Waals surface area contributed by atoms with Crippen LogP contribution in [0, 0.1) is 10.1 Å². The van der Waals surface area contributed by atoms with Gasteiger partial charge in [-0.15, -0.1) is 13.2 Å². The zero-order chi connectivity index (χ0) is 28.1. The molecule has 0 aliphatic carbocycles. The van der Waals surface area contributed by atoms with Crippen LogP contribution in [0.25, 0.3) is 6.08 Å². The van der Waals surface area contributed by atoms with E-state index in [9.17, 15) is 23.3 Å². The maximum atomic E-state index is 12.3. The molecule has 0 N–H and O–H groups in total. The van der Waals surface area contributed by atoms with E-state index in [2.05, 4.69) is 19.5 Å². The number of anilines is 1. The molecule has 2 aliphatic heterocycles. The summed E-state index contributed by atoms with van der Waals surface area (Å²) in [5.74, 6) is 0.257. The Hall–Kier alpha value is -4.26. The van der Waals surface area contributed by atoms with Crippen LogP contribution >= 0.6 is 0 Å². The van der Waals surface area contributed by atoms with Crippen LogP contribution in [0.4, 0.5) is 24.7 Å². The topological polar surface area (TPSA) is 95.1 Å². The number of imidazole rings is 1. The van der Waals surface area contributed by atoms with Gasteiger partial charge in [-0.05, 0) is 46.9 Å². The Labute approximate surface area is 228 Å². The van der Waals surface area contributed by atoms with Gasteiger partial charge in [0.05, 0.1) is 0 Å². The first-order valence-electron chi connectivity index (χ1n) is 12.8.